The van der Waals surface area contributed by atoms with E-state index in [-0.39, 0.29) is 6.17 Å². The number of nitrogens with zero attached hydrogens (tertiary/aromatic N) is 4. The lowest BCUT2D eigenvalue weighted by Crippen LogP contribution is -2.43. The number of aromatic nitrogens is 2. The van der Waals surface area contributed by atoms with E-state index in [2.05, 4.69) is 215 Å². The quantitative estimate of drug-likeness (QED) is 0.188. The maximum Gasteiger partial charge on any atom is 0.212 e. The van der Waals surface area contributed by atoms with Gasteiger partial charge < -0.3 is 14.3 Å². The Morgan fingerprint density at radius 2 is 1.10 bits per heavy atom. The number of nitrogens with one attached hydrogen (secondary N) is 1. The van der Waals surface area contributed by atoms with E-state index in [4.69, 9.17) is 14.4 Å². The minimum atomic E-state index is -0.311. The van der Waals surface area contributed by atoms with Crippen molar-refractivity contribution in [3.05, 3.63) is 211 Å². The van der Waals surface area contributed by atoms with Crippen molar-refractivity contribution in [1.29, 1.82) is 0 Å². The summed E-state index contributed by atoms with van der Waals surface area (Å²) in [6, 6.07) is 64.7. The summed E-state index contributed by atoms with van der Waals surface area (Å²) in [5.41, 5.74) is 13.7. The van der Waals surface area contributed by atoms with Crippen LogP contribution in [0, 0.1) is 0 Å². The van der Waals surface area contributed by atoms with Crippen molar-refractivity contribution in [2.24, 2.45) is 9.98 Å². The molecule has 11 aromatic rings. The molecule has 63 heavy (non-hydrogen) atoms. The minimum Gasteiger partial charge on any atom is -0.452 e. The standard InChI is InChI=1S/C57H39N5O/c1-4-17-36(18-5-1)39-23-16-24-40(35-39)61-49-29-14-12-26-42(49)44-31-33-46-47-34-32-45-43-27-13-15-30-50(43)62(52(45)54(47)63-53(46)51(44)61)57-59-55(38-21-8-3-9-22-38)58-56(60-57)48-28-11-10-25-41(48)37-19-6-2-7-20-37/h1-8,10-21,23-35,55H,9,22H2,(H,58,59,60). The van der Waals surface area contributed by atoms with E-state index in [0.717, 1.165) is 101 Å². The molecular formula is C57H39N5O. The highest BCUT2D eigenvalue weighted by Gasteiger charge is 2.29. The van der Waals surface area contributed by atoms with Gasteiger partial charge in [0.2, 0.25) is 5.96 Å². The van der Waals surface area contributed by atoms with Gasteiger partial charge in [-0.25, -0.2) is 4.99 Å². The summed E-state index contributed by atoms with van der Waals surface area (Å²) in [5.74, 6) is 1.40. The molecule has 0 amide bonds. The van der Waals surface area contributed by atoms with Crippen molar-refractivity contribution < 1.29 is 4.42 Å². The molecule has 2 aliphatic rings. The summed E-state index contributed by atoms with van der Waals surface area (Å²) in [5, 5.41) is 10.5. The van der Waals surface area contributed by atoms with Crippen LogP contribution in [0.4, 0.5) is 0 Å². The molecule has 6 nitrogen and oxygen atoms in total. The molecule has 1 atom stereocenters. The predicted octanol–water partition coefficient (Wildman–Crippen LogP) is 14.0. The summed E-state index contributed by atoms with van der Waals surface area (Å²) >= 11 is 0. The fourth-order valence-corrected chi connectivity index (χ4v) is 9.99. The first-order valence-electron chi connectivity index (χ1n) is 21.7. The number of hydrogen-bond donors (Lipinski definition) is 1. The van der Waals surface area contributed by atoms with Crippen LogP contribution >= 0.6 is 0 Å². The van der Waals surface area contributed by atoms with Crippen LogP contribution in [0.5, 0.6) is 0 Å². The van der Waals surface area contributed by atoms with Crippen molar-refractivity contribution >= 4 is 77.3 Å². The van der Waals surface area contributed by atoms with Gasteiger partial charge in [-0.15, -0.1) is 0 Å². The number of rotatable bonds is 5. The Kier molecular flexibility index (Phi) is 8.00. The Morgan fingerprint density at radius 3 is 1.79 bits per heavy atom. The molecule has 1 aliphatic carbocycles. The van der Waals surface area contributed by atoms with Crippen LogP contribution in [0.3, 0.4) is 0 Å². The lowest BCUT2D eigenvalue weighted by molar-refractivity contribution is 0.663. The highest BCUT2D eigenvalue weighted by molar-refractivity contribution is 6.28. The van der Waals surface area contributed by atoms with Gasteiger partial charge in [-0.1, -0.05) is 164 Å². The summed E-state index contributed by atoms with van der Waals surface area (Å²) in [4.78, 5) is 10.9. The topological polar surface area (TPSA) is 59.8 Å². The molecule has 4 heterocycles. The minimum absolute atomic E-state index is 0.311. The zero-order valence-corrected chi connectivity index (χ0v) is 34.2. The lowest BCUT2D eigenvalue weighted by atomic mass is 9.98. The SMILES string of the molecule is C1=CCCC(C2N=C(c3ccccc3-c3ccccc3)N=C(n3c4ccccc4c4ccc5c6ccc7c8ccccc8n(-c8cccc(-c9ccccc9)c8)c7c6oc5c43)N2)=C1. The van der Waals surface area contributed by atoms with Crippen LogP contribution < -0.4 is 5.32 Å². The third kappa shape index (κ3) is 5.58. The molecule has 0 saturated carbocycles. The summed E-state index contributed by atoms with van der Waals surface area (Å²) in [6.07, 6.45) is 8.15. The Labute approximate surface area is 363 Å². The third-order valence-corrected chi connectivity index (χ3v) is 12.9. The smallest absolute Gasteiger partial charge is 0.212 e. The van der Waals surface area contributed by atoms with Crippen LogP contribution in [0.15, 0.2) is 220 Å². The fraction of sp³-hybridized carbons (Fsp3) is 0.0526. The summed E-state index contributed by atoms with van der Waals surface area (Å²) in [6.45, 7) is 0. The molecule has 1 unspecified atom stereocenters. The van der Waals surface area contributed by atoms with Crippen LogP contribution in [-0.4, -0.2) is 27.1 Å². The molecule has 0 radical (unpaired) electrons. The van der Waals surface area contributed by atoms with Crippen molar-refractivity contribution in [3.63, 3.8) is 0 Å². The summed E-state index contributed by atoms with van der Waals surface area (Å²) in [7, 11) is 0. The number of para-hydroxylation sites is 2. The predicted molar refractivity (Wildman–Crippen MR) is 261 cm³/mol. The average Bonchev–Trinajstić information content (AvgIpc) is 4.03. The molecular weight excluding hydrogens is 771 g/mol. The molecule has 6 heteroatoms. The van der Waals surface area contributed by atoms with E-state index in [9.17, 15) is 0 Å². The molecule has 0 spiro atoms. The Bertz CT molecular complexity index is 3770. The molecule has 3 aromatic heterocycles. The van der Waals surface area contributed by atoms with Gasteiger partial charge in [0, 0.05) is 43.6 Å². The molecule has 0 fully saturated rings. The van der Waals surface area contributed by atoms with E-state index in [1.165, 1.54) is 16.5 Å². The molecule has 0 bridgehead atoms. The van der Waals surface area contributed by atoms with Gasteiger partial charge in [0.15, 0.2) is 17.0 Å². The number of hydrogen-bond acceptors (Lipinski definition) is 4. The van der Waals surface area contributed by atoms with Gasteiger partial charge in [-0.3, -0.25) is 4.57 Å². The van der Waals surface area contributed by atoms with Gasteiger partial charge in [-0.2, -0.15) is 4.99 Å². The first kappa shape index (κ1) is 35.5. The van der Waals surface area contributed by atoms with Crippen molar-refractivity contribution in [3.8, 4) is 27.9 Å². The van der Waals surface area contributed by atoms with E-state index in [1.54, 1.807) is 0 Å². The molecule has 8 aromatic carbocycles. The van der Waals surface area contributed by atoms with E-state index >= 15 is 0 Å². The molecule has 1 aliphatic heterocycles. The zero-order chi connectivity index (χ0) is 41.4. The Morgan fingerprint density at radius 1 is 0.508 bits per heavy atom. The van der Waals surface area contributed by atoms with E-state index in [0.29, 0.717) is 11.8 Å². The second-order valence-corrected chi connectivity index (χ2v) is 16.5. The average molecular weight is 810 g/mol. The molecule has 1 N–H and O–H groups in total. The highest BCUT2D eigenvalue weighted by atomic mass is 16.3. The highest BCUT2D eigenvalue weighted by Crippen LogP contribution is 2.44. The van der Waals surface area contributed by atoms with Crippen LogP contribution in [0.2, 0.25) is 0 Å². The number of fused-ring (bicyclic) bond motifs is 11. The zero-order valence-electron chi connectivity index (χ0n) is 34.2. The number of furan rings is 1. The summed E-state index contributed by atoms with van der Waals surface area (Å²) < 4.78 is 12.1. The Balaban J connectivity index is 1.09. The number of allylic oxidation sites excluding steroid dienone is 3. The molecule has 0 saturated heterocycles. The monoisotopic (exact) mass is 809 g/mol. The Hall–Kier alpha value is -8.22. The maximum absolute atomic E-state index is 7.40. The van der Waals surface area contributed by atoms with Crippen molar-refractivity contribution in [2.45, 2.75) is 19.0 Å². The first-order valence-corrected chi connectivity index (χ1v) is 21.7. The van der Waals surface area contributed by atoms with Gasteiger partial charge in [0.25, 0.3) is 0 Å². The largest absolute Gasteiger partial charge is 0.452 e. The van der Waals surface area contributed by atoms with Crippen LogP contribution in [0.25, 0.3) is 93.5 Å². The normalized spacial score (nSPS) is 15.4. The second-order valence-electron chi connectivity index (χ2n) is 16.5. The van der Waals surface area contributed by atoms with E-state index < -0.39 is 0 Å². The van der Waals surface area contributed by atoms with Gasteiger partial charge >= 0.3 is 0 Å². The number of aliphatic imine (C=N–C) groups is 2. The third-order valence-electron chi connectivity index (χ3n) is 12.9. The van der Waals surface area contributed by atoms with Gasteiger partial charge in [0.1, 0.15) is 11.7 Å². The number of amidine groups is 1. The van der Waals surface area contributed by atoms with Crippen LogP contribution in [-0.2, 0) is 0 Å². The number of benzene rings is 8. The lowest BCUT2D eigenvalue weighted by Gasteiger charge is -2.27. The van der Waals surface area contributed by atoms with Crippen LogP contribution in [0.1, 0.15) is 18.4 Å². The molecule has 298 valence electrons. The van der Waals surface area contributed by atoms with Crippen molar-refractivity contribution in [1.82, 2.24) is 14.5 Å². The maximum atomic E-state index is 7.40. The van der Waals surface area contributed by atoms with Crippen molar-refractivity contribution in [2.75, 3.05) is 0 Å². The first-order chi connectivity index (χ1) is 31.3. The van der Waals surface area contributed by atoms with Gasteiger partial charge in [0.05, 0.1) is 16.6 Å². The molecule has 13 rings (SSSR count). The van der Waals surface area contributed by atoms with Gasteiger partial charge in [-0.05, 0) is 77.1 Å². The second kappa shape index (κ2) is 14.2. The van der Waals surface area contributed by atoms with E-state index in [1.807, 2.05) is 0 Å². The fourth-order valence-electron chi connectivity index (χ4n) is 9.99.